The van der Waals surface area contributed by atoms with E-state index in [2.05, 4.69) is 10.6 Å². The van der Waals surface area contributed by atoms with Crippen LogP contribution in [0.1, 0.15) is 47.2 Å². The van der Waals surface area contributed by atoms with E-state index in [-0.39, 0.29) is 29.7 Å². The fourth-order valence-electron chi connectivity index (χ4n) is 2.87. The largest absolute Gasteiger partial charge is 0.461 e. The molecule has 0 aliphatic heterocycles. The Labute approximate surface area is 174 Å². The van der Waals surface area contributed by atoms with Crippen LogP contribution in [0.4, 0.5) is 10.1 Å². The summed E-state index contributed by atoms with van der Waals surface area (Å²) in [5.74, 6) is -2.79. The summed E-state index contributed by atoms with van der Waals surface area (Å²) < 4.78 is 19.1. The molecule has 2 aromatic rings. The number of amides is 2. The van der Waals surface area contributed by atoms with E-state index in [4.69, 9.17) is 10.5 Å². The van der Waals surface area contributed by atoms with Crippen LogP contribution in [0.25, 0.3) is 0 Å². The summed E-state index contributed by atoms with van der Waals surface area (Å²) in [5.41, 5.74) is 6.64. The van der Waals surface area contributed by atoms with Crippen LogP contribution in [0, 0.1) is 5.82 Å². The summed E-state index contributed by atoms with van der Waals surface area (Å²) >= 11 is 0. The van der Waals surface area contributed by atoms with E-state index in [0.717, 1.165) is 23.6 Å². The maximum absolute atomic E-state index is 13.9. The normalized spacial score (nSPS) is 11.6. The zero-order valence-corrected chi connectivity index (χ0v) is 17.0. The van der Waals surface area contributed by atoms with Crippen LogP contribution in [0.3, 0.4) is 0 Å². The van der Waals surface area contributed by atoms with Crippen LogP contribution in [-0.4, -0.2) is 31.4 Å². The Morgan fingerprint density at radius 1 is 1.13 bits per heavy atom. The minimum atomic E-state index is -0.876. The van der Waals surface area contributed by atoms with Crippen molar-refractivity contribution >= 4 is 23.5 Å². The predicted molar refractivity (Wildman–Crippen MR) is 111 cm³/mol. The number of nitrogens with two attached hydrogens (primary N) is 1. The van der Waals surface area contributed by atoms with E-state index in [1.165, 1.54) is 12.1 Å². The minimum Gasteiger partial charge on any atom is -0.461 e. The number of hydrogen-bond acceptors (Lipinski definition) is 5. The van der Waals surface area contributed by atoms with Gasteiger partial charge in [0.15, 0.2) is 0 Å². The highest BCUT2D eigenvalue weighted by Crippen LogP contribution is 2.21. The van der Waals surface area contributed by atoms with Gasteiger partial charge in [-0.3, -0.25) is 14.4 Å². The molecule has 0 saturated heterocycles. The van der Waals surface area contributed by atoms with Crippen LogP contribution in [-0.2, 0) is 20.9 Å². The lowest BCUT2D eigenvalue weighted by Crippen LogP contribution is -2.29. The first-order valence-corrected chi connectivity index (χ1v) is 9.65. The molecule has 0 bridgehead atoms. The number of hydrogen-bond donors (Lipinski definition) is 3. The highest BCUT2D eigenvalue weighted by Gasteiger charge is 2.21. The summed E-state index contributed by atoms with van der Waals surface area (Å²) in [4.78, 5) is 35.4. The van der Waals surface area contributed by atoms with Gasteiger partial charge in [-0.2, -0.15) is 0 Å². The number of carbonyl (C=O) groups is 3. The van der Waals surface area contributed by atoms with Gasteiger partial charge in [-0.1, -0.05) is 31.2 Å². The maximum atomic E-state index is 13.9. The highest BCUT2D eigenvalue weighted by molar-refractivity contribution is 5.97. The number of primary amides is 1. The summed E-state index contributed by atoms with van der Waals surface area (Å²) in [6.45, 7) is 2.44. The number of likely N-dealkylation sites (N-methyl/N-ethyl adjacent to an activating group) is 1. The fourth-order valence-corrected chi connectivity index (χ4v) is 2.87. The van der Waals surface area contributed by atoms with Crippen LogP contribution in [0.5, 0.6) is 0 Å². The smallest absolute Gasteiger partial charge is 0.306 e. The Morgan fingerprint density at radius 3 is 2.40 bits per heavy atom. The van der Waals surface area contributed by atoms with Gasteiger partial charge in [-0.25, -0.2) is 4.39 Å². The Kier molecular flexibility index (Phi) is 8.49. The Balaban J connectivity index is 2.09. The lowest BCUT2D eigenvalue weighted by atomic mass is 9.96. The van der Waals surface area contributed by atoms with Crippen LogP contribution >= 0.6 is 0 Å². The van der Waals surface area contributed by atoms with E-state index in [9.17, 15) is 18.8 Å². The number of carbonyl (C=O) groups excluding carboxylic acids is 3. The molecule has 0 aromatic heterocycles. The lowest BCUT2D eigenvalue weighted by Gasteiger charge is -2.18. The van der Waals surface area contributed by atoms with Gasteiger partial charge in [0.2, 0.25) is 5.91 Å². The molecule has 0 aliphatic rings. The predicted octanol–water partition coefficient (Wildman–Crippen LogP) is 2.71. The topological polar surface area (TPSA) is 111 Å². The molecule has 2 aromatic carbocycles. The van der Waals surface area contributed by atoms with Crippen molar-refractivity contribution in [2.45, 2.75) is 32.3 Å². The van der Waals surface area contributed by atoms with Gasteiger partial charge >= 0.3 is 5.97 Å². The molecule has 7 nitrogen and oxygen atoms in total. The Bertz CT molecular complexity index is 900. The number of nitrogens with one attached hydrogen (secondary N) is 2. The van der Waals surface area contributed by atoms with Gasteiger partial charge in [-0.05, 0) is 42.8 Å². The van der Waals surface area contributed by atoms with Crippen molar-refractivity contribution < 1.29 is 23.5 Å². The Morgan fingerprint density at radius 2 is 1.83 bits per heavy atom. The molecular weight excluding hydrogens is 389 g/mol. The van der Waals surface area contributed by atoms with E-state index in [1.807, 2.05) is 6.92 Å². The molecule has 2 amide bonds. The first-order valence-electron chi connectivity index (χ1n) is 9.65. The monoisotopic (exact) mass is 415 g/mol. The van der Waals surface area contributed by atoms with Crippen molar-refractivity contribution in [3.8, 4) is 0 Å². The first kappa shape index (κ1) is 23.0. The fraction of sp³-hybridized carbons (Fsp3) is 0.318. The number of rotatable bonds is 10. The minimum absolute atomic E-state index is 0.174. The molecule has 0 saturated carbocycles. The van der Waals surface area contributed by atoms with Gasteiger partial charge in [0.1, 0.15) is 12.4 Å². The third kappa shape index (κ3) is 6.38. The third-order valence-electron chi connectivity index (χ3n) is 4.46. The maximum Gasteiger partial charge on any atom is 0.306 e. The Hall–Kier alpha value is -3.26. The molecule has 2 rings (SSSR count). The summed E-state index contributed by atoms with van der Waals surface area (Å²) in [6, 6.07) is 10.9. The molecule has 160 valence electrons. The summed E-state index contributed by atoms with van der Waals surface area (Å²) in [6.07, 6.45) is 1.11. The second-order valence-corrected chi connectivity index (χ2v) is 6.81. The SMILES string of the molecule is CCCC(=O)OCc1ccc(C(CNC)C(=O)Nc2ccc(C(N)=O)c(F)c2)cc1. The van der Waals surface area contributed by atoms with Gasteiger partial charge in [0.25, 0.3) is 5.91 Å². The third-order valence-corrected chi connectivity index (χ3v) is 4.46. The number of ether oxygens (including phenoxy) is 1. The van der Waals surface area contributed by atoms with Crippen LogP contribution in [0.2, 0.25) is 0 Å². The van der Waals surface area contributed by atoms with Gasteiger partial charge in [0, 0.05) is 18.7 Å². The van der Waals surface area contributed by atoms with Gasteiger partial charge < -0.3 is 21.1 Å². The molecule has 30 heavy (non-hydrogen) atoms. The van der Waals surface area contributed by atoms with Gasteiger partial charge in [-0.15, -0.1) is 0 Å². The van der Waals surface area contributed by atoms with Crippen molar-refractivity contribution in [3.05, 3.63) is 65.0 Å². The zero-order chi connectivity index (χ0) is 22.1. The highest BCUT2D eigenvalue weighted by atomic mass is 19.1. The summed E-state index contributed by atoms with van der Waals surface area (Å²) in [7, 11) is 1.73. The van der Waals surface area contributed by atoms with E-state index < -0.39 is 17.6 Å². The molecular formula is C22H26FN3O4. The lowest BCUT2D eigenvalue weighted by molar-refractivity contribution is -0.145. The average molecular weight is 415 g/mol. The molecule has 8 heteroatoms. The molecule has 0 spiro atoms. The molecule has 0 aliphatic carbocycles. The standard InChI is InChI=1S/C22H26FN3O4/c1-3-4-20(27)30-13-14-5-7-15(8-6-14)18(12-25-2)22(29)26-16-9-10-17(21(24)28)19(23)11-16/h5-11,18,25H,3-4,12-13H2,1-2H3,(H2,24,28)(H,26,29). The molecule has 0 heterocycles. The molecule has 1 atom stereocenters. The number of anilines is 1. The van der Waals surface area contributed by atoms with Crippen molar-refractivity contribution in [1.82, 2.24) is 5.32 Å². The zero-order valence-electron chi connectivity index (χ0n) is 17.0. The van der Waals surface area contributed by atoms with Crippen molar-refractivity contribution in [3.63, 3.8) is 0 Å². The van der Waals surface area contributed by atoms with E-state index in [1.54, 1.807) is 31.3 Å². The number of esters is 1. The van der Waals surface area contributed by atoms with Crippen LogP contribution in [0.15, 0.2) is 42.5 Å². The van der Waals surface area contributed by atoms with Crippen molar-refractivity contribution in [2.24, 2.45) is 5.73 Å². The molecule has 1 unspecified atom stereocenters. The quantitative estimate of drug-likeness (QED) is 0.517. The number of halogens is 1. The second kappa shape index (κ2) is 11.1. The molecule has 0 radical (unpaired) electrons. The number of benzene rings is 2. The average Bonchev–Trinajstić information content (AvgIpc) is 2.71. The van der Waals surface area contributed by atoms with E-state index in [0.29, 0.717) is 13.0 Å². The van der Waals surface area contributed by atoms with Crippen molar-refractivity contribution in [1.29, 1.82) is 0 Å². The van der Waals surface area contributed by atoms with E-state index >= 15 is 0 Å². The van der Waals surface area contributed by atoms with Gasteiger partial charge in [0.05, 0.1) is 11.5 Å². The summed E-state index contributed by atoms with van der Waals surface area (Å²) in [5, 5.41) is 5.63. The van der Waals surface area contributed by atoms with Crippen LogP contribution < -0.4 is 16.4 Å². The first-order chi connectivity index (χ1) is 14.3. The molecule has 0 fully saturated rings. The van der Waals surface area contributed by atoms with Crippen molar-refractivity contribution in [2.75, 3.05) is 18.9 Å². The second-order valence-electron chi connectivity index (χ2n) is 6.81. The molecule has 4 N–H and O–H groups in total.